The molecule has 0 radical (unpaired) electrons. The number of benzene rings is 3. The molecule has 0 unspecified atom stereocenters. The molecule has 0 aliphatic carbocycles. The Morgan fingerprint density at radius 3 is 2.04 bits per heavy atom. The molecule has 0 heterocycles. The number of hydrogen-bond acceptors (Lipinski definition) is 2. The minimum atomic E-state index is 0.0452. The minimum Gasteiger partial charge on any atom is -0.508 e. The molecular formula is C22H23NO. The number of rotatable bonds is 6. The van der Waals surface area contributed by atoms with Crippen molar-refractivity contribution in [2.45, 2.75) is 25.4 Å². The van der Waals surface area contributed by atoms with Crippen molar-refractivity contribution in [1.29, 1.82) is 0 Å². The Morgan fingerprint density at radius 1 is 0.792 bits per heavy atom. The Morgan fingerprint density at radius 2 is 1.38 bits per heavy atom. The zero-order valence-corrected chi connectivity index (χ0v) is 13.9. The number of phenols is 1. The molecule has 24 heavy (non-hydrogen) atoms. The summed E-state index contributed by atoms with van der Waals surface area (Å²) < 4.78 is 0. The van der Waals surface area contributed by atoms with Crippen molar-refractivity contribution in [3.05, 3.63) is 102 Å². The molecule has 2 heteroatoms. The normalized spacial score (nSPS) is 13.4. The SMILES string of the molecule is C[C@@H](N[C@@H](Cc1ccccc1)c1ccccc1O)c1ccccc1. The van der Waals surface area contributed by atoms with Crippen LogP contribution in [-0.4, -0.2) is 5.11 Å². The van der Waals surface area contributed by atoms with Crippen LogP contribution in [0, 0.1) is 0 Å². The zero-order chi connectivity index (χ0) is 16.8. The van der Waals surface area contributed by atoms with Crippen LogP contribution in [0.2, 0.25) is 0 Å². The van der Waals surface area contributed by atoms with Gasteiger partial charge in [0.15, 0.2) is 0 Å². The van der Waals surface area contributed by atoms with Crippen LogP contribution in [0.3, 0.4) is 0 Å². The monoisotopic (exact) mass is 317 g/mol. The Bertz CT molecular complexity index is 755. The van der Waals surface area contributed by atoms with Crippen molar-refractivity contribution in [1.82, 2.24) is 5.32 Å². The van der Waals surface area contributed by atoms with E-state index in [0.717, 1.165) is 12.0 Å². The molecule has 0 spiro atoms. The lowest BCUT2D eigenvalue weighted by molar-refractivity contribution is 0.424. The van der Waals surface area contributed by atoms with Crippen molar-refractivity contribution in [3.8, 4) is 5.75 Å². The summed E-state index contributed by atoms with van der Waals surface area (Å²) in [6, 6.07) is 28.6. The lowest BCUT2D eigenvalue weighted by Gasteiger charge is -2.25. The zero-order valence-electron chi connectivity index (χ0n) is 13.9. The van der Waals surface area contributed by atoms with Gasteiger partial charge >= 0.3 is 0 Å². The van der Waals surface area contributed by atoms with Crippen LogP contribution >= 0.6 is 0 Å². The lowest BCUT2D eigenvalue weighted by Crippen LogP contribution is -2.26. The van der Waals surface area contributed by atoms with Crippen molar-refractivity contribution >= 4 is 0 Å². The number of hydrogen-bond donors (Lipinski definition) is 2. The first kappa shape index (κ1) is 16.3. The van der Waals surface area contributed by atoms with Crippen LogP contribution in [-0.2, 0) is 6.42 Å². The maximum absolute atomic E-state index is 10.3. The van der Waals surface area contributed by atoms with E-state index in [1.807, 2.05) is 30.3 Å². The molecule has 2 N–H and O–H groups in total. The van der Waals surface area contributed by atoms with Gasteiger partial charge in [-0.15, -0.1) is 0 Å². The first-order chi connectivity index (χ1) is 11.7. The van der Waals surface area contributed by atoms with Crippen LogP contribution in [0.4, 0.5) is 0 Å². The molecule has 0 amide bonds. The molecule has 0 saturated heterocycles. The predicted molar refractivity (Wildman–Crippen MR) is 99.0 cm³/mol. The van der Waals surface area contributed by atoms with E-state index in [0.29, 0.717) is 5.75 Å². The maximum Gasteiger partial charge on any atom is 0.120 e. The van der Waals surface area contributed by atoms with Gasteiger partial charge in [0.1, 0.15) is 5.75 Å². The Hall–Kier alpha value is -2.58. The van der Waals surface area contributed by atoms with Crippen molar-refractivity contribution in [2.24, 2.45) is 0 Å². The molecule has 3 aromatic carbocycles. The molecular weight excluding hydrogens is 294 g/mol. The highest BCUT2D eigenvalue weighted by molar-refractivity contribution is 5.36. The van der Waals surface area contributed by atoms with Crippen molar-refractivity contribution in [3.63, 3.8) is 0 Å². The highest BCUT2D eigenvalue weighted by Crippen LogP contribution is 2.29. The Kier molecular flexibility index (Phi) is 5.29. The van der Waals surface area contributed by atoms with Crippen LogP contribution < -0.4 is 5.32 Å². The molecule has 0 fully saturated rings. The number of para-hydroxylation sites is 1. The lowest BCUT2D eigenvalue weighted by atomic mass is 9.96. The molecule has 2 nitrogen and oxygen atoms in total. The van der Waals surface area contributed by atoms with E-state index in [1.54, 1.807) is 6.07 Å². The minimum absolute atomic E-state index is 0.0452. The van der Waals surface area contributed by atoms with Gasteiger partial charge in [0, 0.05) is 17.6 Å². The van der Waals surface area contributed by atoms with Crippen LogP contribution in [0.25, 0.3) is 0 Å². The van der Waals surface area contributed by atoms with Crippen LogP contribution in [0.1, 0.15) is 35.7 Å². The average molecular weight is 317 g/mol. The van der Waals surface area contributed by atoms with E-state index in [4.69, 9.17) is 0 Å². The molecule has 2 atom stereocenters. The summed E-state index contributed by atoms with van der Waals surface area (Å²) in [4.78, 5) is 0. The van der Waals surface area contributed by atoms with Gasteiger partial charge in [-0.2, -0.15) is 0 Å². The summed E-state index contributed by atoms with van der Waals surface area (Å²) in [6.45, 7) is 2.16. The number of aromatic hydroxyl groups is 1. The fourth-order valence-corrected chi connectivity index (χ4v) is 3.03. The van der Waals surface area contributed by atoms with Crippen LogP contribution in [0.5, 0.6) is 5.75 Å². The van der Waals surface area contributed by atoms with Gasteiger partial charge in [-0.3, -0.25) is 0 Å². The summed E-state index contributed by atoms with van der Waals surface area (Å²) in [5.74, 6) is 0.339. The third kappa shape index (κ3) is 4.03. The third-order valence-electron chi connectivity index (χ3n) is 4.35. The van der Waals surface area contributed by atoms with E-state index >= 15 is 0 Å². The molecule has 122 valence electrons. The smallest absolute Gasteiger partial charge is 0.120 e. The average Bonchev–Trinajstić information content (AvgIpc) is 2.63. The molecule has 3 rings (SSSR count). The van der Waals surface area contributed by atoms with Crippen molar-refractivity contribution in [2.75, 3.05) is 0 Å². The second-order valence-corrected chi connectivity index (χ2v) is 6.10. The van der Waals surface area contributed by atoms with Gasteiger partial charge in [0.2, 0.25) is 0 Å². The quantitative estimate of drug-likeness (QED) is 0.668. The Balaban J connectivity index is 1.86. The van der Waals surface area contributed by atoms with Gasteiger partial charge in [0.05, 0.1) is 0 Å². The second-order valence-electron chi connectivity index (χ2n) is 6.10. The van der Waals surface area contributed by atoms with Crippen molar-refractivity contribution < 1.29 is 5.11 Å². The molecule has 0 saturated carbocycles. The first-order valence-corrected chi connectivity index (χ1v) is 8.37. The number of nitrogens with one attached hydrogen (secondary N) is 1. The van der Waals surface area contributed by atoms with Gasteiger partial charge < -0.3 is 10.4 Å². The standard InChI is InChI=1S/C22H23NO/c1-17(19-12-6-3-7-13-19)23-21(16-18-10-4-2-5-11-18)20-14-8-9-15-22(20)24/h2-15,17,21,23-24H,16H2,1H3/t17-,21+/m1/s1. The van der Waals surface area contributed by atoms with E-state index in [9.17, 15) is 5.11 Å². The van der Waals surface area contributed by atoms with Gasteiger partial charge in [0.25, 0.3) is 0 Å². The summed E-state index contributed by atoms with van der Waals surface area (Å²) >= 11 is 0. The largest absolute Gasteiger partial charge is 0.508 e. The first-order valence-electron chi connectivity index (χ1n) is 8.37. The summed E-state index contributed by atoms with van der Waals surface area (Å²) in [7, 11) is 0. The topological polar surface area (TPSA) is 32.3 Å². The van der Waals surface area contributed by atoms with Gasteiger partial charge in [-0.05, 0) is 30.5 Å². The predicted octanol–water partition coefficient (Wildman–Crippen LogP) is 5.03. The van der Waals surface area contributed by atoms with Crippen LogP contribution in [0.15, 0.2) is 84.9 Å². The highest BCUT2D eigenvalue weighted by Gasteiger charge is 2.18. The fourth-order valence-electron chi connectivity index (χ4n) is 3.03. The molecule has 0 aliphatic rings. The van der Waals surface area contributed by atoms with Gasteiger partial charge in [-0.1, -0.05) is 78.9 Å². The van der Waals surface area contributed by atoms with E-state index in [2.05, 4.69) is 60.8 Å². The second kappa shape index (κ2) is 7.80. The summed E-state index contributed by atoms with van der Waals surface area (Å²) in [5, 5.41) is 14.0. The van der Waals surface area contributed by atoms with E-state index < -0.39 is 0 Å². The summed E-state index contributed by atoms with van der Waals surface area (Å²) in [6.07, 6.45) is 0.829. The Labute approximate surface area is 143 Å². The molecule has 0 bridgehead atoms. The maximum atomic E-state index is 10.3. The van der Waals surface area contributed by atoms with Gasteiger partial charge in [-0.25, -0.2) is 0 Å². The molecule has 3 aromatic rings. The number of phenolic OH excluding ortho intramolecular Hbond substituents is 1. The summed E-state index contributed by atoms with van der Waals surface area (Å²) in [5.41, 5.74) is 3.42. The highest BCUT2D eigenvalue weighted by atomic mass is 16.3. The van der Waals surface area contributed by atoms with E-state index in [-0.39, 0.29) is 12.1 Å². The molecule has 0 aliphatic heterocycles. The van der Waals surface area contributed by atoms with E-state index in [1.165, 1.54) is 11.1 Å². The fraction of sp³-hybridized carbons (Fsp3) is 0.182. The third-order valence-corrected chi connectivity index (χ3v) is 4.35. The molecule has 0 aromatic heterocycles.